The molecule has 4 nitrogen and oxygen atoms in total. The molecule has 0 spiro atoms. The van der Waals surface area contributed by atoms with Crippen LogP contribution in [0.2, 0.25) is 0 Å². The Kier molecular flexibility index (Phi) is 2.72. The standard InChI is InChI=1S/C8H14O4/c1-4-6(10)3-12-8(5(2)9)7(4)11/h4,6-11H,2-3H2,1H3/t4-,6+,7+,8-/m1/s1. The van der Waals surface area contributed by atoms with Gasteiger partial charge in [0.05, 0.1) is 18.8 Å². The third-order valence-corrected chi connectivity index (χ3v) is 2.23. The van der Waals surface area contributed by atoms with Crippen molar-refractivity contribution in [2.75, 3.05) is 6.61 Å². The zero-order valence-electron chi connectivity index (χ0n) is 6.97. The second-order valence-corrected chi connectivity index (χ2v) is 3.16. The van der Waals surface area contributed by atoms with Crippen molar-refractivity contribution in [3.05, 3.63) is 12.3 Å². The van der Waals surface area contributed by atoms with E-state index in [1.54, 1.807) is 6.92 Å². The van der Waals surface area contributed by atoms with Gasteiger partial charge in [-0.05, 0) is 0 Å². The highest BCUT2D eigenvalue weighted by Gasteiger charge is 2.37. The maximum atomic E-state index is 9.47. The van der Waals surface area contributed by atoms with Gasteiger partial charge in [-0.1, -0.05) is 13.5 Å². The zero-order valence-corrected chi connectivity index (χ0v) is 6.97. The van der Waals surface area contributed by atoms with Gasteiger partial charge in [-0.3, -0.25) is 0 Å². The molecule has 0 amide bonds. The number of hydrogen-bond donors (Lipinski definition) is 3. The van der Waals surface area contributed by atoms with Crippen molar-refractivity contribution in [1.29, 1.82) is 0 Å². The van der Waals surface area contributed by atoms with E-state index in [2.05, 4.69) is 6.58 Å². The molecule has 1 saturated heterocycles. The average molecular weight is 174 g/mol. The van der Waals surface area contributed by atoms with E-state index < -0.39 is 18.3 Å². The lowest BCUT2D eigenvalue weighted by molar-refractivity contribution is -0.150. The summed E-state index contributed by atoms with van der Waals surface area (Å²) in [6.45, 7) is 5.11. The smallest absolute Gasteiger partial charge is 0.140 e. The molecule has 0 radical (unpaired) electrons. The third-order valence-electron chi connectivity index (χ3n) is 2.23. The van der Waals surface area contributed by atoms with E-state index in [1.165, 1.54) is 0 Å². The van der Waals surface area contributed by atoms with Crippen LogP contribution in [0.25, 0.3) is 0 Å². The van der Waals surface area contributed by atoms with Crippen molar-refractivity contribution in [3.63, 3.8) is 0 Å². The molecule has 3 N–H and O–H groups in total. The first kappa shape index (κ1) is 9.51. The van der Waals surface area contributed by atoms with Gasteiger partial charge in [0.1, 0.15) is 11.9 Å². The van der Waals surface area contributed by atoms with Crippen LogP contribution in [-0.4, -0.2) is 40.2 Å². The normalized spacial score (nSPS) is 42.6. The molecule has 1 heterocycles. The van der Waals surface area contributed by atoms with Crippen molar-refractivity contribution in [2.24, 2.45) is 5.92 Å². The van der Waals surface area contributed by atoms with Gasteiger partial charge in [0.15, 0.2) is 0 Å². The van der Waals surface area contributed by atoms with Crippen LogP contribution < -0.4 is 0 Å². The van der Waals surface area contributed by atoms with E-state index in [4.69, 9.17) is 9.84 Å². The Hall–Kier alpha value is -0.580. The van der Waals surface area contributed by atoms with Crippen LogP contribution in [0.3, 0.4) is 0 Å². The molecule has 4 heteroatoms. The van der Waals surface area contributed by atoms with Crippen molar-refractivity contribution < 1.29 is 20.1 Å². The lowest BCUT2D eigenvalue weighted by Gasteiger charge is -2.35. The van der Waals surface area contributed by atoms with Gasteiger partial charge in [0.25, 0.3) is 0 Å². The fourth-order valence-corrected chi connectivity index (χ4v) is 1.25. The predicted molar refractivity (Wildman–Crippen MR) is 42.7 cm³/mol. The van der Waals surface area contributed by atoms with Crippen LogP contribution in [-0.2, 0) is 4.74 Å². The molecular weight excluding hydrogens is 160 g/mol. The van der Waals surface area contributed by atoms with Crippen LogP contribution in [0.5, 0.6) is 0 Å². The lowest BCUT2D eigenvalue weighted by atomic mass is 9.91. The van der Waals surface area contributed by atoms with Gasteiger partial charge in [-0.2, -0.15) is 0 Å². The van der Waals surface area contributed by atoms with Crippen molar-refractivity contribution >= 4 is 0 Å². The minimum atomic E-state index is -0.883. The fraction of sp³-hybridized carbons (Fsp3) is 0.750. The number of aliphatic hydroxyl groups is 3. The summed E-state index contributed by atoms with van der Waals surface area (Å²) in [5, 5.41) is 27.7. The van der Waals surface area contributed by atoms with Crippen molar-refractivity contribution in [1.82, 2.24) is 0 Å². The molecule has 12 heavy (non-hydrogen) atoms. The van der Waals surface area contributed by atoms with Crippen LogP contribution >= 0.6 is 0 Å². The van der Waals surface area contributed by atoms with E-state index in [0.717, 1.165) is 0 Å². The molecule has 0 unspecified atom stereocenters. The molecule has 1 fully saturated rings. The van der Waals surface area contributed by atoms with Gasteiger partial charge < -0.3 is 20.1 Å². The number of rotatable bonds is 1. The van der Waals surface area contributed by atoms with E-state index in [9.17, 15) is 10.2 Å². The minimum absolute atomic E-state index is 0.127. The van der Waals surface area contributed by atoms with Crippen LogP contribution in [0, 0.1) is 5.92 Å². The molecular formula is C8H14O4. The Bertz CT molecular complexity index is 180. The average Bonchev–Trinajstić information content (AvgIpc) is 2.00. The molecule has 1 aliphatic rings. The van der Waals surface area contributed by atoms with Gasteiger partial charge in [0.2, 0.25) is 0 Å². The molecule has 70 valence electrons. The summed E-state index contributed by atoms with van der Waals surface area (Å²) in [5.74, 6) is -0.492. The number of hydrogen-bond acceptors (Lipinski definition) is 4. The maximum absolute atomic E-state index is 9.47. The lowest BCUT2D eigenvalue weighted by Crippen LogP contribution is -2.48. The van der Waals surface area contributed by atoms with Gasteiger partial charge in [-0.25, -0.2) is 0 Å². The monoisotopic (exact) mass is 174 g/mol. The summed E-state index contributed by atoms with van der Waals surface area (Å²) >= 11 is 0. The van der Waals surface area contributed by atoms with Crippen LogP contribution in [0.15, 0.2) is 12.3 Å². The summed E-state index contributed by atoms with van der Waals surface area (Å²) in [6.07, 6.45) is -2.31. The zero-order chi connectivity index (χ0) is 9.30. The van der Waals surface area contributed by atoms with Crippen LogP contribution in [0.4, 0.5) is 0 Å². The molecule has 0 aromatic rings. The molecule has 4 atom stereocenters. The highest BCUT2D eigenvalue weighted by molar-refractivity contribution is 4.99. The molecule has 1 rings (SSSR count). The van der Waals surface area contributed by atoms with E-state index in [0.29, 0.717) is 0 Å². The van der Waals surface area contributed by atoms with E-state index >= 15 is 0 Å². The first-order valence-electron chi connectivity index (χ1n) is 3.89. The Labute approximate surface area is 71.1 Å². The fourth-order valence-electron chi connectivity index (χ4n) is 1.25. The molecule has 1 aliphatic heterocycles. The maximum Gasteiger partial charge on any atom is 0.140 e. The first-order chi connectivity index (χ1) is 5.54. The summed E-state index contributed by atoms with van der Waals surface area (Å²) in [7, 11) is 0. The Morgan fingerprint density at radius 3 is 2.58 bits per heavy atom. The topological polar surface area (TPSA) is 69.9 Å². The second-order valence-electron chi connectivity index (χ2n) is 3.16. The molecule has 0 aromatic heterocycles. The largest absolute Gasteiger partial charge is 0.510 e. The summed E-state index contributed by atoms with van der Waals surface area (Å²) < 4.78 is 4.98. The third kappa shape index (κ3) is 1.60. The highest BCUT2D eigenvalue weighted by Crippen LogP contribution is 2.23. The molecule has 0 saturated carbocycles. The Morgan fingerprint density at radius 2 is 2.08 bits per heavy atom. The minimum Gasteiger partial charge on any atom is -0.510 e. The Balaban J connectivity index is 2.65. The van der Waals surface area contributed by atoms with Crippen molar-refractivity contribution in [3.8, 4) is 0 Å². The predicted octanol–water partition coefficient (Wildman–Crippen LogP) is -0.185. The van der Waals surface area contributed by atoms with E-state index in [-0.39, 0.29) is 18.3 Å². The molecule has 0 bridgehead atoms. The van der Waals surface area contributed by atoms with Gasteiger partial charge in [0, 0.05) is 5.92 Å². The van der Waals surface area contributed by atoms with Crippen LogP contribution in [0.1, 0.15) is 6.92 Å². The van der Waals surface area contributed by atoms with E-state index in [1.807, 2.05) is 0 Å². The quantitative estimate of drug-likeness (QED) is 0.482. The molecule has 0 aromatic carbocycles. The number of aliphatic hydroxyl groups excluding tert-OH is 3. The van der Waals surface area contributed by atoms with Gasteiger partial charge >= 0.3 is 0 Å². The summed E-state index contributed by atoms with van der Waals surface area (Å²) in [5.41, 5.74) is 0. The number of ether oxygens (including phenoxy) is 1. The van der Waals surface area contributed by atoms with Crippen molar-refractivity contribution in [2.45, 2.75) is 25.2 Å². The van der Waals surface area contributed by atoms with Gasteiger partial charge in [-0.15, -0.1) is 0 Å². The summed E-state index contributed by atoms with van der Waals surface area (Å²) in [4.78, 5) is 0. The Morgan fingerprint density at radius 1 is 1.50 bits per heavy atom. The molecule has 0 aliphatic carbocycles. The second kappa shape index (κ2) is 3.43. The SMILES string of the molecule is C=C(O)[C@H]1OC[C@H](O)[C@@H](C)[C@@H]1O. The first-order valence-corrected chi connectivity index (χ1v) is 3.89. The highest BCUT2D eigenvalue weighted by atomic mass is 16.5. The summed E-state index contributed by atoms with van der Waals surface area (Å²) in [6, 6.07) is 0.